The highest BCUT2D eigenvalue weighted by molar-refractivity contribution is 5.97. The fourth-order valence-electron chi connectivity index (χ4n) is 3.13. The molecule has 0 heterocycles. The molecule has 2 aliphatic carbocycles. The fraction of sp³-hybridized carbons (Fsp3) is 0.800. The monoisotopic (exact) mass is 198 g/mol. The molecule has 2 saturated carbocycles. The summed E-state index contributed by atoms with van der Waals surface area (Å²) in [4.78, 5) is 27.1. The van der Waals surface area contributed by atoms with E-state index in [1.54, 1.807) is 13.8 Å². The third-order valence-electron chi connectivity index (χ3n) is 4.51. The summed E-state index contributed by atoms with van der Waals surface area (Å²) in [5, 5.41) is 8.46. The summed E-state index contributed by atoms with van der Waals surface area (Å²) in [5.41, 5.74) is -1.45. The van der Waals surface area contributed by atoms with Crippen LogP contribution >= 0.6 is 0 Å². The van der Waals surface area contributed by atoms with E-state index in [1.807, 2.05) is 0 Å². The maximum absolute atomic E-state index is 11.7. The molecule has 0 spiro atoms. The zero-order valence-electron chi connectivity index (χ0n) is 8.37. The first kappa shape index (κ1) is 9.65. The molecule has 0 amide bonds. The summed E-state index contributed by atoms with van der Waals surface area (Å²) in [7, 11) is 0. The normalized spacial score (nSPS) is 45.6. The predicted molar refractivity (Wildman–Crippen MR) is 47.3 cm³/mol. The van der Waals surface area contributed by atoms with Gasteiger partial charge in [0, 0.05) is 11.8 Å². The average Bonchev–Trinajstić information content (AvgIpc) is 2.52. The number of hydrogen-bond donors (Lipinski definition) is 1. The van der Waals surface area contributed by atoms with Crippen molar-refractivity contribution >= 4 is 11.8 Å². The lowest BCUT2D eigenvalue weighted by Crippen LogP contribution is -2.42. The van der Waals surface area contributed by atoms with Crippen LogP contribution in [0.1, 0.15) is 33.1 Å². The summed E-state index contributed by atoms with van der Waals surface area (Å²) in [6, 6.07) is 0. The molecule has 3 atom stereocenters. The minimum atomic E-state index is -0.821. The second-order valence-corrected chi connectivity index (χ2v) is 4.78. The fourth-order valence-corrected chi connectivity index (χ4v) is 3.13. The Morgan fingerprint density at radius 1 is 1.57 bits per heavy atom. The van der Waals surface area contributed by atoms with Crippen molar-refractivity contribution in [1.82, 2.24) is 0 Å². The molecule has 4 heteroatoms. The number of Topliss-reactive ketones (excluding diaryl/α,β-unsaturated/α-hetero) is 1. The van der Waals surface area contributed by atoms with E-state index in [1.165, 1.54) is 0 Å². The molecular formula is C10H14O4. The van der Waals surface area contributed by atoms with Crippen molar-refractivity contribution in [2.75, 3.05) is 0 Å². The Balaban J connectivity index is 2.46. The molecule has 0 aromatic heterocycles. The van der Waals surface area contributed by atoms with Crippen molar-refractivity contribution in [3.63, 3.8) is 0 Å². The van der Waals surface area contributed by atoms with Crippen molar-refractivity contribution in [2.24, 2.45) is 16.7 Å². The van der Waals surface area contributed by atoms with Crippen molar-refractivity contribution in [1.29, 1.82) is 0 Å². The SMILES string of the molecule is CC12CCC(CC1=O)C2(C)C(=O)OO. The predicted octanol–water partition coefficient (Wildman–Crippen LogP) is 1.40. The minimum absolute atomic E-state index is 0.0413. The Labute approximate surface area is 82.2 Å². The highest BCUT2D eigenvalue weighted by Gasteiger charge is 2.68. The maximum Gasteiger partial charge on any atom is 0.349 e. The van der Waals surface area contributed by atoms with Crippen LogP contribution in [0.25, 0.3) is 0 Å². The van der Waals surface area contributed by atoms with Gasteiger partial charge in [-0.15, -0.1) is 0 Å². The van der Waals surface area contributed by atoms with E-state index in [9.17, 15) is 9.59 Å². The second-order valence-electron chi connectivity index (χ2n) is 4.78. The van der Waals surface area contributed by atoms with Gasteiger partial charge in [-0.1, -0.05) is 6.92 Å². The Hall–Kier alpha value is -0.900. The standard InChI is InChI=1S/C10H14O4/c1-9-4-3-6(5-7(9)11)10(9,2)8(12)14-13/h6,13H,3-5H2,1-2H3. The largest absolute Gasteiger partial charge is 0.349 e. The quantitative estimate of drug-likeness (QED) is 0.511. The van der Waals surface area contributed by atoms with Crippen LogP contribution in [-0.4, -0.2) is 17.0 Å². The van der Waals surface area contributed by atoms with E-state index in [4.69, 9.17) is 5.26 Å². The van der Waals surface area contributed by atoms with Crippen LogP contribution in [0, 0.1) is 16.7 Å². The molecule has 78 valence electrons. The van der Waals surface area contributed by atoms with Gasteiger partial charge in [-0.25, -0.2) is 4.79 Å². The molecule has 0 aliphatic heterocycles. The zero-order chi connectivity index (χ0) is 10.6. The lowest BCUT2D eigenvalue weighted by Gasteiger charge is -2.32. The molecule has 14 heavy (non-hydrogen) atoms. The van der Waals surface area contributed by atoms with Crippen LogP contribution in [0.4, 0.5) is 0 Å². The van der Waals surface area contributed by atoms with Crippen LogP contribution in [0.5, 0.6) is 0 Å². The first-order chi connectivity index (χ1) is 6.46. The van der Waals surface area contributed by atoms with Gasteiger partial charge in [0.15, 0.2) is 0 Å². The van der Waals surface area contributed by atoms with E-state index in [-0.39, 0.29) is 11.7 Å². The van der Waals surface area contributed by atoms with Gasteiger partial charge in [0.05, 0.1) is 5.41 Å². The van der Waals surface area contributed by atoms with E-state index >= 15 is 0 Å². The van der Waals surface area contributed by atoms with Gasteiger partial charge in [0.1, 0.15) is 5.78 Å². The van der Waals surface area contributed by atoms with Gasteiger partial charge in [-0.3, -0.25) is 4.79 Å². The van der Waals surface area contributed by atoms with Gasteiger partial charge in [-0.2, -0.15) is 5.26 Å². The summed E-state index contributed by atoms with van der Waals surface area (Å²) in [5.74, 6) is -0.491. The molecule has 2 aliphatic rings. The van der Waals surface area contributed by atoms with E-state index < -0.39 is 16.8 Å². The van der Waals surface area contributed by atoms with E-state index in [2.05, 4.69) is 4.89 Å². The number of hydrogen-bond acceptors (Lipinski definition) is 4. The Kier molecular flexibility index (Phi) is 1.77. The van der Waals surface area contributed by atoms with Crippen LogP contribution in [0.15, 0.2) is 0 Å². The highest BCUT2D eigenvalue weighted by atomic mass is 17.1. The van der Waals surface area contributed by atoms with Crippen LogP contribution < -0.4 is 0 Å². The first-order valence-corrected chi connectivity index (χ1v) is 4.86. The summed E-state index contributed by atoms with van der Waals surface area (Å²) < 4.78 is 0. The number of rotatable bonds is 1. The van der Waals surface area contributed by atoms with Crippen LogP contribution in [0.3, 0.4) is 0 Å². The molecule has 0 aromatic rings. The van der Waals surface area contributed by atoms with Gasteiger partial charge >= 0.3 is 5.97 Å². The van der Waals surface area contributed by atoms with E-state index in [0.717, 1.165) is 12.8 Å². The van der Waals surface area contributed by atoms with Crippen molar-refractivity contribution in [3.8, 4) is 0 Å². The van der Waals surface area contributed by atoms with Crippen molar-refractivity contribution < 1.29 is 19.7 Å². The Morgan fingerprint density at radius 3 is 2.57 bits per heavy atom. The van der Waals surface area contributed by atoms with Crippen LogP contribution in [-0.2, 0) is 14.5 Å². The molecule has 1 N–H and O–H groups in total. The summed E-state index contributed by atoms with van der Waals surface area (Å²) in [6.07, 6.45) is 2.04. The highest BCUT2D eigenvalue weighted by Crippen LogP contribution is 2.64. The topological polar surface area (TPSA) is 63.6 Å². The first-order valence-electron chi connectivity index (χ1n) is 4.86. The van der Waals surface area contributed by atoms with Crippen molar-refractivity contribution in [3.05, 3.63) is 0 Å². The number of ketones is 1. The Morgan fingerprint density at radius 2 is 2.21 bits per heavy atom. The average molecular weight is 198 g/mol. The molecule has 2 bridgehead atoms. The van der Waals surface area contributed by atoms with Gasteiger partial charge in [0.2, 0.25) is 0 Å². The van der Waals surface area contributed by atoms with Crippen LogP contribution in [0.2, 0.25) is 0 Å². The number of fused-ring (bicyclic) bond motifs is 2. The third kappa shape index (κ3) is 0.780. The lowest BCUT2D eigenvalue weighted by atomic mass is 9.69. The third-order valence-corrected chi connectivity index (χ3v) is 4.51. The molecule has 3 unspecified atom stereocenters. The van der Waals surface area contributed by atoms with Crippen molar-refractivity contribution in [2.45, 2.75) is 33.1 Å². The smallest absolute Gasteiger partial charge is 0.300 e. The van der Waals surface area contributed by atoms with E-state index in [0.29, 0.717) is 6.42 Å². The summed E-state index contributed by atoms with van der Waals surface area (Å²) in [6.45, 7) is 3.54. The lowest BCUT2D eigenvalue weighted by molar-refractivity contribution is -0.249. The molecular weight excluding hydrogens is 184 g/mol. The number of carbonyl (C=O) groups excluding carboxylic acids is 2. The molecule has 4 nitrogen and oxygen atoms in total. The zero-order valence-corrected chi connectivity index (χ0v) is 8.37. The van der Waals surface area contributed by atoms with Gasteiger partial charge in [0.25, 0.3) is 0 Å². The van der Waals surface area contributed by atoms with Gasteiger partial charge < -0.3 is 4.89 Å². The molecule has 0 aromatic carbocycles. The molecule has 2 fully saturated rings. The molecule has 2 rings (SSSR count). The summed E-state index contributed by atoms with van der Waals surface area (Å²) >= 11 is 0. The second kappa shape index (κ2) is 2.57. The molecule has 0 saturated heterocycles. The minimum Gasteiger partial charge on any atom is -0.300 e. The maximum atomic E-state index is 11.7. The Bertz CT molecular complexity index is 311. The van der Waals surface area contributed by atoms with Gasteiger partial charge in [-0.05, 0) is 25.7 Å². The molecule has 0 radical (unpaired) electrons. The number of carbonyl (C=O) groups is 2.